The van der Waals surface area contributed by atoms with Crippen LogP contribution in [0.5, 0.6) is 5.75 Å². The van der Waals surface area contributed by atoms with Gasteiger partial charge >= 0.3 is 0 Å². The van der Waals surface area contributed by atoms with Crippen LogP contribution in [0, 0.1) is 5.92 Å². The lowest BCUT2D eigenvalue weighted by molar-refractivity contribution is 0.0741. The minimum atomic E-state index is -3.43. The Morgan fingerprint density at radius 1 is 1.17 bits per heavy atom. The molecule has 0 atom stereocenters. The van der Waals surface area contributed by atoms with Crippen molar-refractivity contribution in [3.8, 4) is 5.75 Å². The van der Waals surface area contributed by atoms with E-state index in [9.17, 15) is 13.2 Å². The van der Waals surface area contributed by atoms with Gasteiger partial charge in [-0.25, -0.2) is 13.4 Å². The molecule has 2 fully saturated rings. The van der Waals surface area contributed by atoms with Crippen LogP contribution in [0.15, 0.2) is 41.4 Å². The highest BCUT2D eigenvalue weighted by Crippen LogP contribution is 2.31. The Hall–Kier alpha value is -2.32. The molecule has 0 bridgehead atoms. The van der Waals surface area contributed by atoms with Crippen molar-refractivity contribution >= 4 is 33.2 Å². The van der Waals surface area contributed by atoms with Gasteiger partial charge in [-0.05, 0) is 49.1 Å². The topological polar surface area (TPSA) is 79.8 Å². The number of ether oxygens (including phenoxy) is 1. The van der Waals surface area contributed by atoms with E-state index < -0.39 is 9.84 Å². The highest BCUT2D eigenvalue weighted by molar-refractivity contribution is 7.90. The highest BCUT2D eigenvalue weighted by Gasteiger charge is 2.28. The molecule has 1 aromatic carbocycles. The van der Waals surface area contributed by atoms with Crippen LogP contribution < -0.4 is 9.64 Å². The average molecular weight is 450 g/mol. The summed E-state index contributed by atoms with van der Waals surface area (Å²) in [5, 5.41) is 0.581. The van der Waals surface area contributed by atoms with Gasteiger partial charge in [0.15, 0.2) is 9.84 Å². The lowest BCUT2D eigenvalue weighted by atomic mass is 10.1. The zero-order chi connectivity index (χ0) is 21.3. The molecule has 4 rings (SSSR count). The Kier molecular flexibility index (Phi) is 5.88. The minimum Gasteiger partial charge on any atom is -0.492 e. The number of pyridine rings is 1. The van der Waals surface area contributed by atoms with E-state index in [4.69, 9.17) is 16.3 Å². The van der Waals surface area contributed by atoms with Crippen molar-refractivity contribution in [2.45, 2.75) is 17.7 Å². The third-order valence-electron chi connectivity index (χ3n) is 5.38. The van der Waals surface area contributed by atoms with Crippen LogP contribution in [0.4, 0.5) is 5.82 Å². The van der Waals surface area contributed by atoms with Gasteiger partial charge in [0.25, 0.3) is 5.91 Å². The summed E-state index contributed by atoms with van der Waals surface area (Å²) in [4.78, 5) is 21.5. The number of hydrogen-bond acceptors (Lipinski definition) is 6. The van der Waals surface area contributed by atoms with Crippen LogP contribution >= 0.6 is 11.6 Å². The van der Waals surface area contributed by atoms with Crippen LogP contribution in [0.25, 0.3) is 0 Å². The fourth-order valence-corrected chi connectivity index (χ4v) is 4.15. The van der Waals surface area contributed by atoms with Crippen LogP contribution in [-0.2, 0) is 9.84 Å². The molecule has 1 saturated carbocycles. The smallest absolute Gasteiger partial charge is 0.257 e. The molecule has 1 saturated heterocycles. The van der Waals surface area contributed by atoms with Crippen molar-refractivity contribution in [1.29, 1.82) is 0 Å². The summed E-state index contributed by atoms with van der Waals surface area (Å²) in [6.07, 6.45) is 5.00. The fourth-order valence-electron chi connectivity index (χ4n) is 3.39. The number of sulfone groups is 1. The Balaban J connectivity index is 1.50. The molecule has 0 radical (unpaired) electrons. The van der Waals surface area contributed by atoms with Crippen LogP contribution in [-0.4, -0.2) is 63.3 Å². The van der Waals surface area contributed by atoms with Crippen molar-refractivity contribution in [3.05, 3.63) is 47.1 Å². The van der Waals surface area contributed by atoms with E-state index in [0.717, 1.165) is 24.9 Å². The van der Waals surface area contributed by atoms with Gasteiger partial charge in [-0.2, -0.15) is 0 Å². The third kappa shape index (κ3) is 4.87. The predicted octanol–water partition coefficient (Wildman–Crippen LogP) is 2.89. The first-order valence-corrected chi connectivity index (χ1v) is 12.2. The zero-order valence-electron chi connectivity index (χ0n) is 16.8. The van der Waals surface area contributed by atoms with Gasteiger partial charge < -0.3 is 14.5 Å². The molecule has 1 aliphatic carbocycles. The van der Waals surface area contributed by atoms with E-state index in [0.29, 0.717) is 55.0 Å². The summed E-state index contributed by atoms with van der Waals surface area (Å²) in [6, 6.07) is 8.19. The van der Waals surface area contributed by atoms with Gasteiger partial charge in [0.1, 0.15) is 11.6 Å². The molecule has 0 N–H and O–H groups in total. The molecule has 0 spiro atoms. The van der Waals surface area contributed by atoms with Gasteiger partial charge in [-0.15, -0.1) is 0 Å². The Morgan fingerprint density at radius 2 is 1.90 bits per heavy atom. The van der Waals surface area contributed by atoms with E-state index in [-0.39, 0.29) is 10.8 Å². The number of amides is 1. The molecule has 7 nitrogen and oxygen atoms in total. The summed E-state index contributed by atoms with van der Waals surface area (Å²) in [6.45, 7) is 2.83. The third-order valence-corrected chi connectivity index (χ3v) is 6.72. The van der Waals surface area contributed by atoms with Crippen LogP contribution in [0.1, 0.15) is 23.2 Å². The number of carbonyl (C=O) groups excluding carboxylic acids is 1. The minimum absolute atomic E-state index is 0.119. The number of piperazine rings is 1. The molecule has 1 aromatic heterocycles. The lowest BCUT2D eigenvalue weighted by Crippen LogP contribution is -2.49. The maximum Gasteiger partial charge on any atom is 0.257 e. The van der Waals surface area contributed by atoms with Crippen molar-refractivity contribution in [2.24, 2.45) is 5.92 Å². The number of hydrogen-bond donors (Lipinski definition) is 0. The molecule has 2 aliphatic rings. The van der Waals surface area contributed by atoms with Crippen LogP contribution in [0.2, 0.25) is 5.02 Å². The normalized spacial score (nSPS) is 17.1. The van der Waals surface area contributed by atoms with E-state index in [2.05, 4.69) is 9.88 Å². The molecular formula is C21H24ClN3O4S. The Morgan fingerprint density at radius 3 is 2.50 bits per heavy atom. The second kappa shape index (κ2) is 8.43. The Bertz CT molecular complexity index is 1030. The maximum absolute atomic E-state index is 13.2. The Labute approximate surface area is 181 Å². The molecule has 9 heteroatoms. The standard InChI is InChI=1S/C21H24ClN3O4S/c1-30(27,28)17-5-6-19(29-14-15-2-3-15)18(12-17)21(26)25-10-8-24(9-11-25)20-7-4-16(22)13-23-20/h4-7,12-13,15H,2-3,8-11,14H2,1H3. The fraction of sp³-hybridized carbons (Fsp3) is 0.429. The van der Waals surface area contributed by atoms with Crippen molar-refractivity contribution in [2.75, 3.05) is 43.9 Å². The molecule has 1 amide bonds. The SMILES string of the molecule is CS(=O)(=O)c1ccc(OCC2CC2)c(C(=O)N2CCN(c3ccc(Cl)cn3)CC2)c1. The summed E-state index contributed by atoms with van der Waals surface area (Å²) in [7, 11) is -3.43. The molecule has 30 heavy (non-hydrogen) atoms. The number of carbonyl (C=O) groups is 1. The summed E-state index contributed by atoms with van der Waals surface area (Å²) in [5.74, 6) is 1.58. The lowest BCUT2D eigenvalue weighted by Gasteiger charge is -2.35. The van der Waals surface area contributed by atoms with Gasteiger partial charge in [0, 0.05) is 38.6 Å². The van der Waals surface area contributed by atoms with Crippen molar-refractivity contribution < 1.29 is 17.9 Å². The van der Waals surface area contributed by atoms with Gasteiger partial charge in [0.2, 0.25) is 0 Å². The highest BCUT2D eigenvalue weighted by atomic mass is 35.5. The average Bonchev–Trinajstić information content (AvgIpc) is 3.56. The maximum atomic E-state index is 13.2. The second-order valence-electron chi connectivity index (χ2n) is 7.80. The molecular weight excluding hydrogens is 426 g/mol. The van der Waals surface area contributed by atoms with Gasteiger partial charge in [0.05, 0.1) is 22.1 Å². The monoisotopic (exact) mass is 449 g/mol. The first-order chi connectivity index (χ1) is 14.3. The van der Waals surface area contributed by atoms with Gasteiger partial charge in [-0.3, -0.25) is 4.79 Å². The summed E-state index contributed by atoms with van der Waals surface area (Å²) in [5.41, 5.74) is 0.302. The van der Waals surface area contributed by atoms with Gasteiger partial charge in [-0.1, -0.05) is 11.6 Å². The second-order valence-corrected chi connectivity index (χ2v) is 10.3. The number of aromatic nitrogens is 1. The number of rotatable bonds is 6. The van der Waals surface area contributed by atoms with Crippen molar-refractivity contribution in [1.82, 2.24) is 9.88 Å². The number of benzene rings is 1. The largest absolute Gasteiger partial charge is 0.492 e. The van der Waals surface area contributed by atoms with E-state index in [1.807, 2.05) is 6.07 Å². The molecule has 2 heterocycles. The molecule has 1 aliphatic heterocycles. The summed E-state index contributed by atoms with van der Waals surface area (Å²) >= 11 is 5.90. The number of halogens is 1. The zero-order valence-corrected chi connectivity index (χ0v) is 18.3. The van der Waals surface area contributed by atoms with Crippen LogP contribution in [0.3, 0.4) is 0 Å². The van der Waals surface area contributed by atoms with E-state index >= 15 is 0 Å². The van der Waals surface area contributed by atoms with E-state index in [1.165, 1.54) is 12.1 Å². The molecule has 160 valence electrons. The number of nitrogens with zero attached hydrogens (tertiary/aromatic N) is 3. The quantitative estimate of drug-likeness (QED) is 0.674. The molecule has 0 unspecified atom stereocenters. The van der Waals surface area contributed by atoms with E-state index in [1.54, 1.807) is 23.2 Å². The van der Waals surface area contributed by atoms with Crippen molar-refractivity contribution in [3.63, 3.8) is 0 Å². The summed E-state index contributed by atoms with van der Waals surface area (Å²) < 4.78 is 29.9. The first-order valence-electron chi connectivity index (χ1n) is 9.94. The first kappa shape index (κ1) is 20.9. The molecule has 2 aromatic rings. The number of anilines is 1. The predicted molar refractivity (Wildman–Crippen MR) is 115 cm³/mol.